The molecule has 128 valence electrons. The minimum Gasteiger partial charge on any atom is -0.457 e. The summed E-state index contributed by atoms with van der Waals surface area (Å²) >= 11 is 0. The first kappa shape index (κ1) is 17.2. The molecule has 1 aromatic carbocycles. The predicted molar refractivity (Wildman–Crippen MR) is 92.0 cm³/mol. The molecule has 0 saturated heterocycles. The fourth-order valence-corrected chi connectivity index (χ4v) is 2.50. The maximum absolute atomic E-state index is 11.8. The summed E-state index contributed by atoms with van der Waals surface area (Å²) in [4.78, 5) is 23.4. The van der Waals surface area contributed by atoms with Crippen molar-refractivity contribution in [2.45, 2.75) is 0 Å². The van der Waals surface area contributed by atoms with Crippen LogP contribution in [-0.4, -0.2) is 11.8 Å². The number of nitriles is 3. The van der Waals surface area contributed by atoms with Gasteiger partial charge in [0.25, 0.3) is 11.8 Å². The molecule has 0 unspecified atom stereocenters. The Morgan fingerprint density at radius 3 is 2.37 bits per heavy atom. The normalized spacial score (nSPS) is 12.4. The van der Waals surface area contributed by atoms with Crippen LogP contribution in [0.4, 0.5) is 0 Å². The van der Waals surface area contributed by atoms with Crippen LogP contribution in [0.15, 0.2) is 51.6 Å². The van der Waals surface area contributed by atoms with E-state index in [4.69, 9.17) is 20.7 Å². The number of benzene rings is 1. The number of amides is 2. The van der Waals surface area contributed by atoms with E-state index in [1.165, 1.54) is 18.2 Å². The predicted octanol–water partition coefficient (Wildman–Crippen LogP) is 2.00. The Bertz CT molecular complexity index is 1160. The van der Waals surface area contributed by atoms with E-state index in [0.29, 0.717) is 16.9 Å². The third-order valence-electron chi connectivity index (χ3n) is 3.84. The number of carbonyl (C=O) groups excluding carboxylic acids is 2. The van der Waals surface area contributed by atoms with Crippen molar-refractivity contribution in [2.24, 2.45) is 5.73 Å². The van der Waals surface area contributed by atoms with E-state index < -0.39 is 11.8 Å². The zero-order valence-corrected chi connectivity index (χ0v) is 13.6. The molecule has 3 rings (SSSR count). The zero-order chi connectivity index (χ0) is 19.6. The van der Waals surface area contributed by atoms with Gasteiger partial charge < -0.3 is 10.2 Å². The van der Waals surface area contributed by atoms with E-state index >= 15 is 0 Å². The van der Waals surface area contributed by atoms with Gasteiger partial charge in [-0.2, -0.15) is 15.8 Å². The third kappa shape index (κ3) is 3.05. The zero-order valence-electron chi connectivity index (χ0n) is 13.6. The van der Waals surface area contributed by atoms with Crippen molar-refractivity contribution in [1.29, 1.82) is 15.8 Å². The van der Waals surface area contributed by atoms with E-state index in [9.17, 15) is 14.9 Å². The van der Waals surface area contributed by atoms with Gasteiger partial charge in [-0.15, -0.1) is 0 Å². The number of nitrogens with one attached hydrogen (secondary N) is 1. The van der Waals surface area contributed by atoms with Crippen LogP contribution in [0.2, 0.25) is 0 Å². The summed E-state index contributed by atoms with van der Waals surface area (Å²) in [5.74, 6) is -0.261. The Kier molecular flexibility index (Phi) is 4.28. The van der Waals surface area contributed by atoms with Gasteiger partial charge in [-0.1, -0.05) is 6.07 Å². The summed E-state index contributed by atoms with van der Waals surface area (Å²) < 4.78 is 5.63. The number of allylic oxidation sites excluding steroid dienone is 2. The molecule has 2 aromatic rings. The summed E-state index contributed by atoms with van der Waals surface area (Å²) in [6, 6.07) is 12.9. The second-order valence-electron chi connectivity index (χ2n) is 5.43. The van der Waals surface area contributed by atoms with E-state index in [-0.39, 0.29) is 28.2 Å². The lowest BCUT2D eigenvalue weighted by atomic mass is 10.0. The van der Waals surface area contributed by atoms with Gasteiger partial charge in [-0.05, 0) is 24.3 Å². The Morgan fingerprint density at radius 1 is 1.00 bits per heavy atom. The van der Waals surface area contributed by atoms with Crippen molar-refractivity contribution >= 4 is 17.9 Å². The average Bonchev–Trinajstić information content (AvgIpc) is 3.25. The Balaban J connectivity index is 1.98. The van der Waals surface area contributed by atoms with E-state index in [0.717, 1.165) is 0 Å². The van der Waals surface area contributed by atoms with Crippen LogP contribution in [0, 0.1) is 34.0 Å². The van der Waals surface area contributed by atoms with Crippen molar-refractivity contribution in [3.8, 4) is 29.5 Å². The standard InChI is InChI=1S/C19H9N5O3/c20-7-11(17(23)12(8-21)9-22)5-13-2-4-16(27-13)10-1-3-14-15(6-10)19(26)24-18(14)25/h1-6H,23H2,(H,24,25,26). The van der Waals surface area contributed by atoms with Gasteiger partial charge in [0.15, 0.2) is 5.57 Å². The first-order valence-corrected chi connectivity index (χ1v) is 7.50. The van der Waals surface area contributed by atoms with E-state index in [2.05, 4.69) is 5.32 Å². The van der Waals surface area contributed by atoms with Gasteiger partial charge >= 0.3 is 0 Å². The molecular weight excluding hydrogens is 346 g/mol. The van der Waals surface area contributed by atoms with Gasteiger partial charge in [0, 0.05) is 11.6 Å². The Hall–Kier alpha value is -4.61. The van der Waals surface area contributed by atoms with Gasteiger partial charge in [0.1, 0.15) is 29.7 Å². The summed E-state index contributed by atoms with van der Waals surface area (Å²) in [5, 5.41) is 29.1. The molecule has 0 bridgehead atoms. The van der Waals surface area contributed by atoms with Crippen LogP contribution in [0.3, 0.4) is 0 Å². The van der Waals surface area contributed by atoms with Gasteiger partial charge in [0.05, 0.1) is 22.4 Å². The fraction of sp³-hybridized carbons (Fsp3) is 0. The topological polar surface area (TPSA) is 157 Å². The molecule has 0 saturated carbocycles. The molecule has 0 aliphatic carbocycles. The minimum absolute atomic E-state index is 0.0899. The number of hydrogen-bond donors (Lipinski definition) is 2. The summed E-state index contributed by atoms with van der Waals surface area (Å²) in [5.41, 5.74) is 6.08. The molecule has 0 radical (unpaired) electrons. The number of hydrogen-bond acceptors (Lipinski definition) is 7. The van der Waals surface area contributed by atoms with Crippen molar-refractivity contribution in [1.82, 2.24) is 5.32 Å². The van der Waals surface area contributed by atoms with Crippen molar-refractivity contribution in [3.05, 3.63) is 64.1 Å². The highest BCUT2D eigenvalue weighted by atomic mass is 16.3. The molecule has 0 atom stereocenters. The number of furan rings is 1. The number of rotatable bonds is 3. The molecule has 2 amide bonds. The molecule has 0 spiro atoms. The second-order valence-corrected chi connectivity index (χ2v) is 5.43. The molecule has 8 heteroatoms. The number of nitrogens with zero attached hydrogens (tertiary/aromatic N) is 3. The average molecular weight is 355 g/mol. The quantitative estimate of drug-likeness (QED) is 0.484. The van der Waals surface area contributed by atoms with Crippen LogP contribution in [0.5, 0.6) is 0 Å². The van der Waals surface area contributed by atoms with Crippen molar-refractivity contribution in [3.63, 3.8) is 0 Å². The molecule has 1 aliphatic rings. The molecule has 1 aliphatic heterocycles. The van der Waals surface area contributed by atoms with E-state index in [1.54, 1.807) is 30.3 Å². The lowest BCUT2D eigenvalue weighted by Gasteiger charge is -2.00. The third-order valence-corrected chi connectivity index (χ3v) is 3.84. The Labute approximate surface area is 153 Å². The molecule has 2 heterocycles. The van der Waals surface area contributed by atoms with Crippen LogP contribution in [0.1, 0.15) is 26.5 Å². The highest BCUT2D eigenvalue weighted by molar-refractivity contribution is 6.21. The lowest BCUT2D eigenvalue weighted by Crippen LogP contribution is -2.19. The number of nitrogens with two attached hydrogens (primary N) is 1. The van der Waals surface area contributed by atoms with Crippen LogP contribution in [-0.2, 0) is 0 Å². The van der Waals surface area contributed by atoms with E-state index in [1.807, 2.05) is 6.07 Å². The van der Waals surface area contributed by atoms with Gasteiger partial charge in [-0.25, -0.2) is 0 Å². The summed E-state index contributed by atoms with van der Waals surface area (Å²) in [6.07, 6.45) is 1.30. The fourth-order valence-electron chi connectivity index (χ4n) is 2.50. The summed E-state index contributed by atoms with van der Waals surface area (Å²) in [6.45, 7) is 0. The summed E-state index contributed by atoms with van der Waals surface area (Å²) in [7, 11) is 0. The number of fused-ring (bicyclic) bond motifs is 1. The Morgan fingerprint density at radius 2 is 1.70 bits per heavy atom. The largest absolute Gasteiger partial charge is 0.457 e. The first-order chi connectivity index (χ1) is 13.0. The molecule has 8 nitrogen and oxygen atoms in total. The maximum atomic E-state index is 11.8. The first-order valence-electron chi connectivity index (χ1n) is 7.50. The van der Waals surface area contributed by atoms with Gasteiger partial charge in [0.2, 0.25) is 0 Å². The minimum atomic E-state index is -0.478. The highest BCUT2D eigenvalue weighted by Crippen LogP contribution is 2.27. The molecule has 3 N–H and O–H groups in total. The van der Waals surface area contributed by atoms with Gasteiger partial charge in [-0.3, -0.25) is 14.9 Å². The van der Waals surface area contributed by atoms with Crippen molar-refractivity contribution < 1.29 is 14.0 Å². The molecular formula is C19H9N5O3. The monoisotopic (exact) mass is 355 g/mol. The molecule has 27 heavy (non-hydrogen) atoms. The maximum Gasteiger partial charge on any atom is 0.258 e. The smallest absolute Gasteiger partial charge is 0.258 e. The highest BCUT2D eigenvalue weighted by Gasteiger charge is 2.27. The number of carbonyl (C=O) groups is 2. The molecule has 0 fully saturated rings. The SMILES string of the molecule is N#CC(=Cc1ccc(-c2ccc3c(c2)C(=O)NC3=O)o1)C(N)=C(C#N)C#N. The van der Waals surface area contributed by atoms with Crippen molar-refractivity contribution in [2.75, 3.05) is 0 Å². The van der Waals surface area contributed by atoms with Crippen LogP contribution in [0.25, 0.3) is 17.4 Å². The second kappa shape index (κ2) is 6.72. The molecule has 1 aromatic heterocycles. The number of imide groups is 1. The van der Waals surface area contributed by atoms with Crippen LogP contribution < -0.4 is 11.1 Å². The lowest BCUT2D eigenvalue weighted by molar-refractivity contribution is 0.0879. The van der Waals surface area contributed by atoms with Crippen LogP contribution >= 0.6 is 0 Å².